The molecule has 7 heteroatoms. The van der Waals surface area contributed by atoms with Crippen molar-refractivity contribution < 1.29 is 13.2 Å². The van der Waals surface area contributed by atoms with Crippen LogP contribution in [0.4, 0.5) is 18.9 Å². The standard InChI is InChI=1S/C22H23ClF3N3/c1-16-4-2-3-5-18(16)14-29(19-7-6-17(13-27)21(23)12-19)20-8-10-28(15-20)11-9-22(24,25)26/h2-7,12,20H,8-11,14-15H2,1H3/t20-/m0/s1. The fraction of sp³-hybridized carbons (Fsp3) is 0.409. The Morgan fingerprint density at radius 3 is 2.66 bits per heavy atom. The fourth-order valence-electron chi connectivity index (χ4n) is 3.73. The van der Waals surface area contributed by atoms with E-state index in [1.807, 2.05) is 36.1 Å². The van der Waals surface area contributed by atoms with Crippen LogP contribution in [0.5, 0.6) is 0 Å². The summed E-state index contributed by atoms with van der Waals surface area (Å²) in [6.07, 6.45) is -4.15. The second-order valence-corrected chi connectivity index (χ2v) is 7.85. The van der Waals surface area contributed by atoms with E-state index in [9.17, 15) is 13.2 Å². The third kappa shape index (κ3) is 5.65. The van der Waals surface area contributed by atoms with Crippen molar-refractivity contribution in [2.45, 2.75) is 38.5 Å². The minimum Gasteiger partial charge on any atom is -0.363 e. The van der Waals surface area contributed by atoms with Crippen LogP contribution in [0.1, 0.15) is 29.5 Å². The molecular weight excluding hydrogens is 399 g/mol. The van der Waals surface area contributed by atoms with Gasteiger partial charge >= 0.3 is 6.18 Å². The summed E-state index contributed by atoms with van der Waals surface area (Å²) < 4.78 is 37.8. The molecule has 1 aliphatic heterocycles. The van der Waals surface area contributed by atoms with E-state index in [0.717, 1.165) is 23.2 Å². The minimum absolute atomic E-state index is 0.0202. The van der Waals surface area contributed by atoms with Gasteiger partial charge in [0, 0.05) is 37.9 Å². The zero-order valence-corrected chi connectivity index (χ0v) is 17.0. The second-order valence-electron chi connectivity index (χ2n) is 7.44. The van der Waals surface area contributed by atoms with Crippen molar-refractivity contribution in [3.63, 3.8) is 0 Å². The summed E-state index contributed by atoms with van der Waals surface area (Å²) in [5.74, 6) is 0. The number of anilines is 1. The van der Waals surface area contributed by atoms with Gasteiger partial charge in [0.05, 0.1) is 17.0 Å². The van der Waals surface area contributed by atoms with Crippen LogP contribution >= 0.6 is 11.6 Å². The zero-order chi connectivity index (χ0) is 21.0. The second kappa shape index (κ2) is 9.06. The van der Waals surface area contributed by atoms with Crippen LogP contribution in [-0.2, 0) is 6.54 Å². The number of benzene rings is 2. The van der Waals surface area contributed by atoms with Gasteiger partial charge in [0.25, 0.3) is 0 Å². The van der Waals surface area contributed by atoms with Crippen LogP contribution < -0.4 is 4.90 Å². The highest BCUT2D eigenvalue weighted by molar-refractivity contribution is 6.32. The molecule has 29 heavy (non-hydrogen) atoms. The average molecular weight is 422 g/mol. The molecule has 0 amide bonds. The molecule has 1 saturated heterocycles. The van der Waals surface area contributed by atoms with E-state index >= 15 is 0 Å². The molecule has 0 bridgehead atoms. The van der Waals surface area contributed by atoms with E-state index in [1.165, 1.54) is 0 Å². The summed E-state index contributed by atoms with van der Waals surface area (Å²) in [7, 11) is 0. The van der Waals surface area contributed by atoms with E-state index < -0.39 is 12.6 Å². The van der Waals surface area contributed by atoms with Crippen molar-refractivity contribution in [1.82, 2.24) is 4.90 Å². The van der Waals surface area contributed by atoms with Gasteiger partial charge in [-0.05, 0) is 42.7 Å². The monoisotopic (exact) mass is 421 g/mol. The maximum absolute atomic E-state index is 12.6. The molecule has 0 radical (unpaired) electrons. The molecule has 0 aromatic heterocycles. The highest BCUT2D eigenvalue weighted by Gasteiger charge is 2.32. The largest absolute Gasteiger partial charge is 0.390 e. The number of likely N-dealkylation sites (tertiary alicyclic amines) is 1. The quantitative estimate of drug-likeness (QED) is 0.612. The van der Waals surface area contributed by atoms with Gasteiger partial charge in [0.1, 0.15) is 6.07 Å². The van der Waals surface area contributed by atoms with E-state index in [4.69, 9.17) is 16.9 Å². The molecule has 0 saturated carbocycles. The average Bonchev–Trinajstić information content (AvgIpc) is 3.14. The molecule has 2 aromatic rings. The molecular formula is C22H23ClF3N3. The summed E-state index contributed by atoms with van der Waals surface area (Å²) in [5.41, 5.74) is 3.59. The predicted octanol–water partition coefficient (Wildman–Crippen LogP) is 5.55. The summed E-state index contributed by atoms with van der Waals surface area (Å²) in [5, 5.41) is 9.53. The Morgan fingerprint density at radius 1 is 1.24 bits per heavy atom. The van der Waals surface area contributed by atoms with Crippen molar-refractivity contribution in [3.05, 3.63) is 64.2 Å². The molecule has 1 fully saturated rings. The Bertz CT molecular complexity index is 892. The number of hydrogen-bond donors (Lipinski definition) is 0. The maximum atomic E-state index is 12.6. The molecule has 0 N–H and O–H groups in total. The van der Waals surface area contributed by atoms with Crippen molar-refractivity contribution in [2.75, 3.05) is 24.5 Å². The number of alkyl halides is 3. The molecule has 1 aliphatic rings. The smallest absolute Gasteiger partial charge is 0.363 e. The third-order valence-electron chi connectivity index (χ3n) is 5.41. The normalized spacial score (nSPS) is 17.3. The Kier molecular flexibility index (Phi) is 6.71. The van der Waals surface area contributed by atoms with Crippen LogP contribution in [0.15, 0.2) is 42.5 Å². The topological polar surface area (TPSA) is 30.3 Å². The molecule has 2 aromatic carbocycles. The van der Waals surface area contributed by atoms with E-state index in [0.29, 0.717) is 30.2 Å². The number of nitrogens with zero attached hydrogens (tertiary/aromatic N) is 3. The van der Waals surface area contributed by atoms with Crippen LogP contribution in [0.3, 0.4) is 0 Å². The van der Waals surface area contributed by atoms with E-state index in [2.05, 4.69) is 17.0 Å². The first-order valence-corrected chi connectivity index (χ1v) is 9.94. The number of aryl methyl sites for hydroxylation is 1. The van der Waals surface area contributed by atoms with Crippen molar-refractivity contribution in [1.29, 1.82) is 5.26 Å². The van der Waals surface area contributed by atoms with Gasteiger partial charge in [-0.1, -0.05) is 35.9 Å². The fourth-order valence-corrected chi connectivity index (χ4v) is 3.95. The van der Waals surface area contributed by atoms with Crippen LogP contribution in [0.25, 0.3) is 0 Å². The van der Waals surface area contributed by atoms with Gasteiger partial charge in [0.2, 0.25) is 0 Å². The van der Waals surface area contributed by atoms with E-state index in [-0.39, 0.29) is 12.6 Å². The van der Waals surface area contributed by atoms with Crippen molar-refractivity contribution >= 4 is 17.3 Å². The summed E-state index contributed by atoms with van der Waals surface area (Å²) in [6.45, 7) is 3.90. The third-order valence-corrected chi connectivity index (χ3v) is 5.72. The maximum Gasteiger partial charge on any atom is 0.390 e. The summed E-state index contributed by atoms with van der Waals surface area (Å²) in [6, 6.07) is 15.5. The number of rotatable bonds is 6. The van der Waals surface area contributed by atoms with Crippen LogP contribution in [0.2, 0.25) is 5.02 Å². The first kappa shape index (κ1) is 21.5. The van der Waals surface area contributed by atoms with Crippen LogP contribution in [0, 0.1) is 18.3 Å². The highest BCUT2D eigenvalue weighted by Crippen LogP contribution is 2.30. The lowest BCUT2D eigenvalue weighted by atomic mass is 10.1. The van der Waals surface area contributed by atoms with Gasteiger partial charge in [-0.15, -0.1) is 0 Å². The lowest BCUT2D eigenvalue weighted by Gasteiger charge is -2.32. The van der Waals surface area contributed by atoms with Gasteiger partial charge in [-0.3, -0.25) is 0 Å². The van der Waals surface area contributed by atoms with Gasteiger partial charge < -0.3 is 9.80 Å². The lowest BCUT2D eigenvalue weighted by molar-refractivity contribution is -0.137. The summed E-state index contributed by atoms with van der Waals surface area (Å²) in [4.78, 5) is 4.07. The Labute approximate surface area is 174 Å². The number of halogens is 4. The van der Waals surface area contributed by atoms with Gasteiger partial charge in [-0.25, -0.2) is 0 Å². The van der Waals surface area contributed by atoms with Gasteiger partial charge in [0.15, 0.2) is 0 Å². The van der Waals surface area contributed by atoms with E-state index in [1.54, 1.807) is 12.1 Å². The molecule has 1 atom stereocenters. The van der Waals surface area contributed by atoms with Crippen molar-refractivity contribution in [2.24, 2.45) is 0 Å². The first-order valence-electron chi connectivity index (χ1n) is 9.57. The summed E-state index contributed by atoms with van der Waals surface area (Å²) >= 11 is 6.26. The predicted molar refractivity (Wildman–Crippen MR) is 109 cm³/mol. The molecule has 1 heterocycles. The molecule has 0 aliphatic carbocycles. The Hall–Kier alpha value is -2.23. The van der Waals surface area contributed by atoms with Crippen molar-refractivity contribution in [3.8, 4) is 6.07 Å². The molecule has 3 nitrogen and oxygen atoms in total. The minimum atomic E-state index is -4.14. The Morgan fingerprint density at radius 2 is 2.00 bits per heavy atom. The zero-order valence-electron chi connectivity index (χ0n) is 16.2. The van der Waals surface area contributed by atoms with Crippen LogP contribution in [-0.4, -0.2) is 36.8 Å². The highest BCUT2D eigenvalue weighted by atomic mass is 35.5. The Balaban J connectivity index is 1.83. The van der Waals surface area contributed by atoms with Gasteiger partial charge in [-0.2, -0.15) is 18.4 Å². The first-order chi connectivity index (χ1) is 13.8. The number of hydrogen-bond acceptors (Lipinski definition) is 3. The lowest BCUT2D eigenvalue weighted by Crippen LogP contribution is -2.38. The molecule has 0 unspecified atom stereocenters. The molecule has 154 valence electrons. The molecule has 0 spiro atoms. The SMILES string of the molecule is Cc1ccccc1CN(c1ccc(C#N)c(Cl)c1)[C@H]1CCN(CCC(F)(F)F)C1. The molecule has 3 rings (SSSR count). The number of nitriles is 1.